The van der Waals surface area contributed by atoms with Gasteiger partial charge in [0.05, 0.1) is 50.5 Å². The molecular weight excluding hydrogens is 707 g/mol. The van der Waals surface area contributed by atoms with Gasteiger partial charge < -0.3 is 4.57 Å². The second-order valence-corrected chi connectivity index (χ2v) is 14.1. The fraction of sp³-hybridized carbons (Fsp3) is 0.0377. The Bertz CT molecular complexity index is 2890. The van der Waals surface area contributed by atoms with Crippen LogP contribution in [0.3, 0.4) is 0 Å². The van der Waals surface area contributed by atoms with Gasteiger partial charge in [0.15, 0.2) is 0 Å². The van der Waals surface area contributed by atoms with Gasteiger partial charge in [-0.3, -0.25) is 4.57 Å². The third kappa shape index (κ3) is 5.92. The minimum atomic E-state index is 0.616. The molecule has 7 aromatic carbocycles. The largest absolute Gasteiger partial charge is 0.307 e. The van der Waals surface area contributed by atoms with Gasteiger partial charge in [0.25, 0.3) is 0 Å². The van der Waals surface area contributed by atoms with Crippen LogP contribution in [-0.4, -0.2) is 24.1 Å². The van der Waals surface area contributed by atoms with Gasteiger partial charge in [0, 0.05) is 43.8 Å². The first-order valence-electron chi connectivity index (χ1n) is 19.9. The SMILES string of the molecule is CC.c1ccc(-c2cc(-n3c4ccccc4c4ccc5c6ccccc6n(-c6nc(-c7ccccc7)cc(-c7ccccc7)n6)c5c43)cc(-c3ccccc3)n2)cc1. The molecule has 0 spiro atoms. The summed E-state index contributed by atoms with van der Waals surface area (Å²) in [5, 5.41) is 4.59. The summed E-state index contributed by atoms with van der Waals surface area (Å²) in [6.07, 6.45) is 0. The third-order valence-electron chi connectivity index (χ3n) is 10.7. The van der Waals surface area contributed by atoms with Crippen molar-refractivity contribution in [1.82, 2.24) is 24.1 Å². The van der Waals surface area contributed by atoms with Crippen molar-refractivity contribution in [3.8, 4) is 56.7 Å². The fourth-order valence-corrected chi connectivity index (χ4v) is 8.18. The van der Waals surface area contributed by atoms with E-state index in [1.54, 1.807) is 0 Å². The van der Waals surface area contributed by atoms with E-state index in [1.165, 1.54) is 5.39 Å². The molecule has 0 radical (unpaired) electrons. The lowest BCUT2D eigenvalue weighted by molar-refractivity contribution is 0.995. The maximum absolute atomic E-state index is 5.38. The second-order valence-electron chi connectivity index (χ2n) is 14.1. The van der Waals surface area contributed by atoms with E-state index >= 15 is 0 Å². The zero-order chi connectivity index (χ0) is 39.0. The van der Waals surface area contributed by atoms with Gasteiger partial charge in [0.2, 0.25) is 5.95 Å². The summed E-state index contributed by atoms with van der Waals surface area (Å²) >= 11 is 0. The highest BCUT2D eigenvalue weighted by molar-refractivity contribution is 6.23. The van der Waals surface area contributed by atoms with Crippen LogP contribution < -0.4 is 0 Å². The van der Waals surface area contributed by atoms with Crippen LogP contribution in [0.15, 0.2) is 200 Å². The van der Waals surface area contributed by atoms with E-state index in [2.05, 4.69) is 185 Å². The molecule has 0 aliphatic carbocycles. The van der Waals surface area contributed by atoms with Crippen molar-refractivity contribution in [1.29, 1.82) is 0 Å². The van der Waals surface area contributed by atoms with E-state index in [9.17, 15) is 0 Å². The normalized spacial score (nSPS) is 11.3. The number of pyridine rings is 1. The number of rotatable bonds is 6. The quantitative estimate of drug-likeness (QED) is 0.170. The molecule has 58 heavy (non-hydrogen) atoms. The zero-order valence-electron chi connectivity index (χ0n) is 32.3. The van der Waals surface area contributed by atoms with E-state index < -0.39 is 0 Å². The molecule has 0 amide bonds. The van der Waals surface area contributed by atoms with Gasteiger partial charge in [0.1, 0.15) is 0 Å². The van der Waals surface area contributed by atoms with Crippen molar-refractivity contribution in [2.45, 2.75) is 13.8 Å². The summed E-state index contributed by atoms with van der Waals surface area (Å²) in [6, 6.07) is 70.1. The van der Waals surface area contributed by atoms with Gasteiger partial charge in [-0.1, -0.05) is 184 Å². The van der Waals surface area contributed by atoms with Crippen LogP contribution in [0.5, 0.6) is 0 Å². The number of nitrogens with zero attached hydrogens (tertiary/aromatic N) is 5. The van der Waals surface area contributed by atoms with Crippen molar-refractivity contribution in [2.75, 3.05) is 0 Å². The molecule has 0 atom stereocenters. The van der Waals surface area contributed by atoms with Crippen molar-refractivity contribution >= 4 is 43.6 Å². The average molecular weight is 746 g/mol. The highest BCUT2D eigenvalue weighted by Gasteiger charge is 2.24. The topological polar surface area (TPSA) is 48.5 Å². The van der Waals surface area contributed by atoms with Crippen molar-refractivity contribution in [2.24, 2.45) is 0 Å². The van der Waals surface area contributed by atoms with E-state index in [0.29, 0.717) is 5.95 Å². The Morgan fingerprint density at radius 2 is 0.655 bits per heavy atom. The molecule has 276 valence electrons. The number of fused-ring (bicyclic) bond motifs is 7. The van der Waals surface area contributed by atoms with Gasteiger partial charge in [-0.25, -0.2) is 15.0 Å². The molecule has 11 rings (SSSR count). The van der Waals surface area contributed by atoms with Crippen LogP contribution >= 0.6 is 0 Å². The minimum absolute atomic E-state index is 0.616. The first-order valence-corrected chi connectivity index (χ1v) is 19.9. The van der Waals surface area contributed by atoms with E-state index in [4.69, 9.17) is 15.0 Å². The van der Waals surface area contributed by atoms with Crippen LogP contribution in [0.1, 0.15) is 13.8 Å². The van der Waals surface area contributed by atoms with E-state index in [0.717, 1.165) is 88.9 Å². The minimum Gasteiger partial charge on any atom is -0.307 e. The van der Waals surface area contributed by atoms with Gasteiger partial charge in [-0.15, -0.1) is 0 Å². The number of hydrogen-bond donors (Lipinski definition) is 0. The Morgan fingerprint density at radius 1 is 0.310 bits per heavy atom. The Balaban J connectivity index is 0.00000201. The zero-order valence-corrected chi connectivity index (χ0v) is 32.3. The highest BCUT2D eigenvalue weighted by atomic mass is 15.2. The molecule has 0 aliphatic heterocycles. The molecule has 0 aliphatic rings. The molecular formula is C53H39N5. The molecule has 5 heteroatoms. The molecule has 4 aromatic heterocycles. The molecule has 11 aromatic rings. The Labute approximate surface area is 337 Å². The number of aromatic nitrogens is 5. The summed E-state index contributed by atoms with van der Waals surface area (Å²) in [5.74, 6) is 0.616. The molecule has 0 saturated carbocycles. The lowest BCUT2D eigenvalue weighted by Crippen LogP contribution is -2.05. The maximum atomic E-state index is 5.38. The van der Waals surface area contributed by atoms with Crippen molar-refractivity contribution in [3.05, 3.63) is 200 Å². The molecule has 4 heterocycles. The van der Waals surface area contributed by atoms with Crippen LogP contribution in [-0.2, 0) is 0 Å². The summed E-state index contributed by atoms with van der Waals surface area (Å²) in [6.45, 7) is 4.00. The Hall–Kier alpha value is -7.63. The number of hydrogen-bond acceptors (Lipinski definition) is 3. The molecule has 0 unspecified atom stereocenters. The Kier molecular flexibility index (Phi) is 8.88. The monoisotopic (exact) mass is 745 g/mol. The van der Waals surface area contributed by atoms with Crippen molar-refractivity contribution in [3.63, 3.8) is 0 Å². The van der Waals surface area contributed by atoms with Gasteiger partial charge in [-0.2, -0.15) is 0 Å². The fourth-order valence-electron chi connectivity index (χ4n) is 8.18. The predicted molar refractivity (Wildman–Crippen MR) is 242 cm³/mol. The standard InChI is InChI=1S/C51H33N5.C2H6/c1-5-17-34(18-6-1)43-31-38(32-44(52-43)35-19-7-2-8-20-35)55-47-27-15-13-25-39(47)41-29-30-42-40-26-14-16-28-48(40)56(50(42)49(41)55)51-53-45(36-21-9-3-10-22-36)33-46(54-51)37-23-11-4-12-24-37;1-2/h1-33H;1-2H3. The van der Waals surface area contributed by atoms with Crippen LogP contribution in [0.4, 0.5) is 0 Å². The predicted octanol–water partition coefficient (Wildman–Crippen LogP) is 13.8. The highest BCUT2D eigenvalue weighted by Crippen LogP contribution is 2.42. The number of benzene rings is 7. The molecule has 0 N–H and O–H groups in total. The lowest BCUT2D eigenvalue weighted by atomic mass is 10.1. The van der Waals surface area contributed by atoms with E-state index in [1.807, 2.05) is 38.1 Å². The smallest absolute Gasteiger partial charge is 0.235 e. The third-order valence-corrected chi connectivity index (χ3v) is 10.7. The van der Waals surface area contributed by atoms with Gasteiger partial charge >= 0.3 is 0 Å². The maximum Gasteiger partial charge on any atom is 0.235 e. The van der Waals surface area contributed by atoms with Crippen LogP contribution in [0, 0.1) is 0 Å². The lowest BCUT2D eigenvalue weighted by Gasteiger charge is -2.15. The Morgan fingerprint density at radius 3 is 1.09 bits per heavy atom. The van der Waals surface area contributed by atoms with Crippen LogP contribution in [0.25, 0.3) is 100 Å². The molecule has 0 bridgehead atoms. The second kappa shape index (κ2) is 14.8. The van der Waals surface area contributed by atoms with Gasteiger partial charge in [-0.05, 0) is 30.3 Å². The van der Waals surface area contributed by atoms with Crippen LogP contribution in [0.2, 0.25) is 0 Å². The number of para-hydroxylation sites is 2. The summed E-state index contributed by atoms with van der Waals surface area (Å²) < 4.78 is 4.70. The summed E-state index contributed by atoms with van der Waals surface area (Å²) in [5.41, 5.74) is 13.0. The van der Waals surface area contributed by atoms with Crippen molar-refractivity contribution < 1.29 is 0 Å². The average Bonchev–Trinajstić information content (AvgIpc) is 3.84. The first-order chi connectivity index (χ1) is 28.8. The molecule has 0 saturated heterocycles. The summed E-state index contributed by atoms with van der Waals surface area (Å²) in [7, 11) is 0. The molecule has 0 fully saturated rings. The van der Waals surface area contributed by atoms with E-state index in [-0.39, 0.29) is 0 Å². The summed E-state index contributed by atoms with van der Waals surface area (Å²) in [4.78, 5) is 16.0. The molecule has 5 nitrogen and oxygen atoms in total. The first kappa shape index (κ1) is 34.8.